The van der Waals surface area contributed by atoms with E-state index in [0.29, 0.717) is 16.5 Å². The van der Waals surface area contributed by atoms with Crippen LogP contribution in [0.15, 0.2) is 41.9 Å². The number of carbonyl (C=O) groups is 1. The largest absolute Gasteiger partial charge is 0.311 e. The lowest BCUT2D eigenvalue weighted by Crippen LogP contribution is -2.07. The van der Waals surface area contributed by atoms with Crippen molar-refractivity contribution < 1.29 is 13.6 Å². The highest BCUT2D eigenvalue weighted by Crippen LogP contribution is 2.31. The van der Waals surface area contributed by atoms with Gasteiger partial charge in [-0.3, -0.25) is 4.79 Å². The van der Waals surface area contributed by atoms with Gasteiger partial charge in [-0.1, -0.05) is 0 Å². The molecule has 2 aromatic heterocycles. The minimum Gasteiger partial charge on any atom is -0.311 e. The number of carbonyl (C=O) groups excluding carboxylic acids is 1. The van der Waals surface area contributed by atoms with Gasteiger partial charge in [-0.15, -0.1) is 11.3 Å². The maximum Gasteiger partial charge on any atom is 0.222 e. The molecule has 0 fully saturated rings. The number of thiazole rings is 1. The predicted molar refractivity (Wildman–Crippen MR) is 85.0 cm³/mol. The Hall–Kier alpha value is -2.67. The predicted octanol–water partition coefficient (Wildman–Crippen LogP) is 4.11. The van der Waals surface area contributed by atoms with Crippen LogP contribution in [0.1, 0.15) is 6.92 Å². The molecule has 7 heteroatoms. The van der Waals surface area contributed by atoms with Gasteiger partial charge in [-0.2, -0.15) is 0 Å². The number of nitrogens with zero attached hydrogens (tertiary/aromatic N) is 2. The van der Waals surface area contributed by atoms with Gasteiger partial charge in [0.15, 0.2) is 0 Å². The highest BCUT2D eigenvalue weighted by molar-refractivity contribution is 7.13. The van der Waals surface area contributed by atoms with Gasteiger partial charge in [-0.25, -0.2) is 18.7 Å². The van der Waals surface area contributed by atoms with Gasteiger partial charge in [0, 0.05) is 35.7 Å². The molecule has 3 rings (SSSR count). The summed E-state index contributed by atoms with van der Waals surface area (Å²) in [6.45, 7) is 1.40. The highest BCUT2D eigenvalue weighted by atomic mass is 32.1. The van der Waals surface area contributed by atoms with Crippen molar-refractivity contribution >= 4 is 23.1 Å². The van der Waals surface area contributed by atoms with E-state index >= 15 is 0 Å². The molecule has 0 aliphatic carbocycles. The average molecular weight is 331 g/mol. The van der Waals surface area contributed by atoms with Crippen molar-refractivity contribution in [2.75, 3.05) is 5.32 Å². The number of nitrogens with one attached hydrogen (secondary N) is 1. The van der Waals surface area contributed by atoms with Crippen LogP contribution in [0.3, 0.4) is 0 Å². The topological polar surface area (TPSA) is 54.9 Å². The Morgan fingerprint density at radius 3 is 2.78 bits per heavy atom. The second-order valence-corrected chi connectivity index (χ2v) is 5.63. The molecular weight excluding hydrogens is 320 g/mol. The summed E-state index contributed by atoms with van der Waals surface area (Å²) in [5.41, 5.74) is 1.42. The fraction of sp³-hybridized carbons (Fsp3) is 0.0625. The number of pyridine rings is 1. The fourth-order valence-corrected chi connectivity index (χ4v) is 2.86. The minimum absolute atomic E-state index is 0.220. The van der Waals surface area contributed by atoms with Crippen molar-refractivity contribution in [3.63, 3.8) is 0 Å². The number of aromatic nitrogens is 2. The SMILES string of the molecule is CC(=O)Nc1cc(-c2nc(-c3ccc(F)cc3F)cs2)ccn1. The van der Waals surface area contributed by atoms with Crippen molar-refractivity contribution in [1.29, 1.82) is 0 Å². The van der Waals surface area contributed by atoms with Gasteiger partial charge in [0.1, 0.15) is 22.5 Å². The van der Waals surface area contributed by atoms with E-state index in [1.807, 2.05) is 0 Å². The zero-order valence-corrected chi connectivity index (χ0v) is 12.8. The lowest BCUT2D eigenvalue weighted by molar-refractivity contribution is -0.114. The van der Waals surface area contributed by atoms with Crippen LogP contribution in [0.25, 0.3) is 21.8 Å². The zero-order chi connectivity index (χ0) is 16.4. The van der Waals surface area contributed by atoms with Crippen LogP contribution in [0.5, 0.6) is 0 Å². The van der Waals surface area contributed by atoms with E-state index in [2.05, 4.69) is 15.3 Å². The van der Waals surface area contributed by atoms with Gasteiger partial charge >= 0.3 is 0 Å². The van der Waals surface area contributed by atoms with Gasteiger partial charge in [-0.05, 0) is 24.3 Å². The molecule has 0 atom stereocenters. The molecule has 1 aromatic carbocycles. The Kier molecular flexibility index (Phi) is 4.12. The van der Waals surface area contributed by atoms with Crippen LogP contribution < -0.4 is 5.32 Å². The van der Waals surface area contributed by atoms with Crippen molar-refractivity contribution in [1.82, 2.24) is 9.97 Å². The van der Waals surface area contributed by atoms with Crippen molar-refractivity contribution in [3.8, 4) is 21.8 Å². The quantitative estimate of drug-likeness (QED) is 0.786. The molecule has 4 nitrogen and oxygen atoms in total. The van der Waals surface area contributed by atoms with Crippen LogP contribution in [0, 0.1) is 11.6 Å². The van der Waals surface area contributed by atoms with E-state index in [-0.39, 0.29) is 11.5 Å². The van der Waals surface area contributed by atoms with Crippen molar-refractivity contribution in [2.45, 2.75) is 6.92 Å². The monoisotopic (exact) mass is 331 g/mol. The summed E-state index contributed by atoms with van der Waals surface area (Å²) < 4.78 is 26.8. The minimum atomic E-state index is -0.657. The first-order valence-corrected chi connectivity index (χ1v) is 7.56. The first-order valence-electron chi connectivity index (χ1n) is 6.68. The molecule has 0 saturated carbocycles. The Labute approximate surface area is 134 Å². The number of rotatable bonds is 3. The highest BCUT2D eigenvalue weighted by Gasteiger charge is 2.12. The molecule has 116 valence electrons. The van der Waals surface area contributed by atoms with Gasteiger partial charge in [0.2, 0.25) is 5.91 Å². The molecule has 0 bridgehead atoms. The Morgan fingerprint density at radius 2 is 2.04 bits per heavy atom. The third-order valence-electron chi connectivity index (χ3n) is 3.02. The molecule has 1 N–H and O–H groups in total. The van der Waals surface area contributed by atoms with E-state index in [9.17, 15) is 13.6 Å². The summed E-state index contributed by atoms with van der Waals surface area (Å²) in [6.07, 6.45) is 1.56. The normalized spacial score (nSPS) is 10.6. The molecule has 0 spiro atoms. The van der Waals surface area contributed by atoms with Crippen LogP contribution in [-0.4, -0.2) is 15.9 Å². The first-order chi connectivity index (χ1) is 11.0. The smallest absolute Gasteiger partial charge is 0.222 e. The Balaban J connectivity index is 1.94. The Bertz CT molecular complexity index is 879. The van der Waals surface area contributed by atoms with Crippen LogP contribution in [-0.2, 0) is 4.79 Å². The number of hydrogen-bond donors (Lipinski definition) is 1. The summed E-state index contributed by atoms with van der Waals surface area (Å²) in [4.78, 5) is 19.5. The number of anilines is 1. The van der Waals surface area contributed by atoms with Crippen LogP contribution in [0.4, 0.5) is 14.6 Å². The third-order valence-corrected chi connectivity index (χ3v) is 3.91. The summed E-state index contributed by atoms with van der Waals surface area (Å²) in [6, 6.07) is 6.81. The second kappa shape index (κ2) is 6.21. The van der Waals surface area contributed by atoms with Gasteiger partial charge < -0.3 is 5.32 Å². The fourth-order valence-electron chi connectivity index (χ4n) is 2.04. The number of halogens is 2. The van der Waals surface area contributed by atoms with Gasteiger partial charge in [0.25, 0.3) is 0 Å². The van der Waals surface area contributed by atoms with E-state index < -0.39 is 11.6 Å². The van der Waals surface area contributed by atoms with Crippen LogP contribution in [0.2, 0.25) is 0 Å². The summed E-state index contributed by atoms with van der Waals surface area (Å²) >= 11 is 1.33. The molecule has 0 unspecified atom stereocenters. The summed E-state index contributed by atoms with van der Waals surface area (Å²) in [5, 5.41) is 4.94. The molecular formula is C16H11F2N3OS. The standard InChI is InChI=1S/C16H11F2N3OS/c1-9(22)20-15-6-10(4-5-19-15)16-21-14(8-23-16)12-3-2-11(17)7-13(12)18/h2-8H,1H3,(H,19,20,22). The first kappa shape index (κ1) is 15.2. The van der Waals surface area contributed by atoms with Gasteiger partial charge in [0.05, 0.1) is 5.69 Å². The van der Waals surface area contributed by atoms with E-state index in [4.69, 9.17) is 0 Å². The molecule has 0 aliphatic heterocycles. The van der Waals surface area contributed by atoms with Crippen molar-refractivity contribution in [3.05, 3.63) is 53.5 Å². The molecule has 0 saturated heterocycles. The maximum atomic E-state index is 13.8. The molecule has 1 amide bonds. The molecule has 0 radical (unpaired) electrons. The molecule has 2 heterocycles. The average Bonchev–Trinajstić information content (AvgIpc) is 2.96. The molecule has 23 heavy (non-hydrogen) atoms. The summed E-state index contributed by atoms with van der Waals surface area (Å²) in [5.74, 6) is -1.09. The Morgan fingerprint density at radius 1 is 1.22 bits per heavy atom. The molecule has 3 aromatic rings. The third kappa shape index (κ3) is 3.40. The van der Waals surface area contributed by atoms with E-state index in [1.165, 1.54) is 30.4 Å². The summed E-state index contributed by atoms with van der Waals surface area (Å²) in [7, 11) is 0. The molecule has 0 aliphatic rings. The second-order valence-electron chi connectivity index (χ2n) is 4.77. The van der Waals surface area contributed by atoms with Crippen LogP contribution >= 0.6 is 11.3 Å². The zero-order valence-electron chi connectivity index (χ0n) is 12.0. The number of benzene rings is 1. The number of hydrogen-bond acceptors (Lipinski definition) is 4. The van der Waals surface area contributed by atoms with E-state index in [0.717, 1.165) is 11.6 Å². The lowest BCUT2D eigenvalue weighted by atomic mass is 10.1. The van der Waals surface area contributed by atoms with Crippen molar-refractivity contribution in [2.24, 2.45) is 0 Å². The van der Waals surface area contributed by atoms with E-state index in [1.54, 1.807) is 23.7 Å². The maximum absolute atomic E-state index is 13.8. The number of amides is 1. The lowest BCUT2D eigenvalue weighted by Gasteiger charge is -2.02.